The van der Waals surface area contributed by atoms with Gasteiger partial charge >= 0.3 is 26.9 Å². The topological polar surface area (TPSA) is 88.1 Å². The molecule has 1 aromatic carbocycles. The van der Waals surface area contributed by atoms with Crippen molar-refractivity contribution < 1.29 is 33.2 Å². The molecule has 2 aliphatic rings. The molecule has 0 heterocycles. The highest BCUT2D eigenvalue weighted by Crippen LogP contribution is 2.35. The number of carbonyl (C=O) groups excluding carboxylic acids is 3. The van der Waals surface area contributed by atoms with Crippen LogP contribution in [0, 0.1) is 11.8 Å². The lowest BCUT2D eigenvalue weighted by Crippen LogP contribution is -2.24. The molecule has 2 aliphatic carbocycles. The summed E-state index contributed by atoms with van der Waals surface area (Å²) in [6, 6.07) is 5.33. The van der Waals surface area contributed by atoms with Gasteiger partial charge in [-0.2, -0.15) is 0 Å². The van der Waals surface area contributed by atoms with Crippen LogP contribution >= 0.6 is 0 Å². The van der Waals surface area contributed by atoms with E-state index in [0.29, 0.717) is 43.7 Å². The fraction of sp³-hybridized carbons (Fsp3) is 0.609. The second kappa shape index (κ2) is 12.0. The van der Waals surface area contributed by atoms with Crippen LogP contribution in [0.4, 0.5) is 0 Å². The molecule has 0 atom stereocenters. The fourth-order valence-corrected chi connectivity index (χ4v) is 4.72. The van der Waals surface area contributed by atoms with Gasteiger partial charge in [0.2, 0.25) is 0 Å². The Hall–Kier alpha value is -2.44. The van der Waals surface area contributed by atoms with E-state index >= 15 is 0 Å². The first kappa shape index (κ1) is 24.2. The van der Waals surface area contributed by atoms with Crippen LogP contribution in [0.1, 0.15) is 61.7 Å². The number of methoxy groups -OCH3 is 2. The Balaban J connectivity index is 1.44. The molecule has 0 aromatic heterocycles. The maximum absolute atomic E-state index is 11.7. The Morgan fingerprint density at radius 3 is 1.78 bits per heavy atom. The Kier molecular flexibility index (Phi) is 9.06. The summed E-state index contributed by atoms with van der Waals surface area (Å²) in [5.41, 5.74) is 0.472. The van der Waals surface area contributed by atoms with Crippen molar-refractivity contribution in [1.82, 2.24) is 0 Å². The minimum absolute atomic E-state index is 0.00450. The summed E-state index contributed by atoms with van der Waals surface area (Å²) in [5.74, 6) is 1.72. The highest BCUT2D eigenvalue weighted by Gasteiger charge is 2.29. The molecular weight excluding hydrogens is 410 g/mol. The van der Waals surface area contributed by atoms with Gasteiger partial charge in [-0.3, -0.25) is 14.4 Å². The first-order valence-corrected chi connectivity index (χ1v) is 11.5. The first-order chi connectivity index (χ1) is 15.5. The molecule has 2 fully saturated rings. The predicted molar refractivity (Wildman–Crippen MR) is 123 cm³/mol. The molecule has 3 rings (SSSR count). The van der Waals surface area contributed by atoms with Crippen molar-refractivity contribution in [2.45, 2.75) is 63.0 Å². The molecule has 0 amide bonds. The average Bonchev–Trinajstić information content (AvgIpc) is 2.86. The largest absolute Gasteiger partial charge is 0.564 e. The lowest BCUT2D eigenvalue weighted by molar-refractivity contribution is -0.147. The lowest BCUT2D eigenvalue weighted by Gasteiger charge is -2.26. The highest BCUT2D eigenvalue weighted by molar-refractivity contribution is 6.31. The number of rotatable bonds is 9. The monoisotopic (exact) mass is 442 g/mol. The van der Waals surface area contributed by atoms with Gasteiger partial charge < -0.3 is 18.8 Å². The molecule has 0 radical (unpaired) electrons. The second-order valence-electron chi connectivity index (χ2n) is 8.92. The van der Waals surface area contributed by atoms with Crippen LogP contribution in [0.3, 0.4) is 0 Å². The molecule has 0 bridgehead atoms. The number of carbonyl (C=O) groups is 3. The molecule has 0 N–H and O–H groups in total. The third-order valence-electron chi connectivity index (χ3n) is 6.83. The van der Waals surface area contributed by atoms with E-state index in [9.17, 15) is 14.4 Å². The van der Waals surface area contributed by atoms with Gasteiger partial charge in [-0.1, -0.05) is 25.7 Å². The average molecular weight is 442 g/mol. The molecule has 32 heavy (non-hydrogen) atoms. The maximum atomic E-state index is 11.7. The Morgan fingerprint density at radius 2 is 1.31 bits per heavy atom. The van der Waals surface area contributed by atoms with Crippen LogP contribution in [0.2, 0.25) is 11.6 Å². The van der Waals surface area contributed by atoms with Crippen molar-refractivity contribution in [3.8, 4) is 11.5 Å². The van der Waals surface area contributed by atoms with Gasteiger partial charge in [0.05, 0.1) is 37.4 Å². The van der Waals surface area contributed by atoms with E-state index in [4.69, 9.17) is 18.8 Å². The van der Waals surface area contributed by atoms with Crippen LogP contribution in [0.15, 0.2) is 18.2 Å². The standard InChI is InChI=1S/C23H32B2O7/c1-29-22(27)15-3-7-18(8-4-15)24-31-20-11-12-21(17(13-20)14-26)32-25-19-9-5-16(6-10-19)23(28)30-2/h11-16,18-19,24-25H,3-10H2,1-2H3. The highest BCUT2D eigenvalue weighted by atomic mass is 16.5. The van der Waals surface area contributed by atoms with Crippen molar-refractivity contribution in [3.63, 3.8) is 0 Å². The molecular formula is C23H32B2O7. The molecule has 1 aromatic rings. The quantitative estimate of drug-likeness (QED) is 0.330. The number of hydrogen-bond donors (Lipinski definition) is 0. The van der Waals surface area contributed by atoms with Crippen molar-refractivity contribution in [2.75, 3.05) is 14.2 Å². The fourth-order valence-electron chi connectivity index (χ4n) is 4.72. The van der Waals surface area contributed by atoms with Crippen LogP contribution in [-0.2, 0) is 19.1 Å². The first-order valence-electron chi connectivity index (χ1n) is 11.5. The minimum Gasteiger partial charge on any atom is -0.564 e. The Labute approximate surface area is 191 Å². The smallest absolute Gasteiger partial charge is 0.343 e. The summed E-state index contributed by atoms with van der Waals surface area (Å²) in [6.07, 6.45) is 7.76. The van der Waals surface area contributed by atoms with Crippen molar-refractivity contribution in [3.05, 3.63) is 23.8 Å². The second-order valence-corrected chi connectivity index (χ2v) is 8.92. The van der Waals surface area contributed by atoms with Crippen LogP contribution in [0.5, 0.6) is 11.5 Å². The molecule has 2 saturated carbocycles. The number of benzene rings is 1. The SMILES string of the molecule is COC(=O)C1CCC(BOc2ccc(OBC3CCC(C(=O)OC)CC3)c(C=O)c2)CC1. The molecule has 172 valence electrons. The van der Waals surface area contributed by atoms with Crippen LogP contribution in [0.25, 0.3) is 0 Å². The molecule has 0 aliphatic heterocycles. The van der Waals surface area contributed by atoms with Gasteiger partial charge in [-0.05, 0) is 55.5 Å². The van der Waals surface area contributed by atoms with Gasteiger partial charge in [-0.25, -0.2) is 0 Å². The molecule has 0 spiro atoms. The third-order valence-corrected chi connectivity index (χ3v) is 6.83. The maximum Gasteiger partial charge on any atom is 0.343 e. The van der Waals surface area contributed by atoms with Gasteiger partial charge in [-0.15, -0.1) is 0 Å². The third kappa shape index (κ3) is 6.53. The normalized spacial score (nSPS) is 25.2. The zero-order valence-corrected chi connectivity index (χ0v) is 19.0. The summed E-state index contributed by atoms with van der Waals surface area (Å²) in [7, 11) is 3.96. The molecule has 7 nitrogen and oxygen atoms in total. The van der Waals surface area contributed by atoms with E-state index < -0.39 is 0 Å². The minimum atomic E-state index is -0.125. The predicted octanol–water partition coefficient (Wildman–Crippen LogP) is 3.26. The van der Waals surface area contributed by atoms with Gasteiger partial charge in [0.25, 0.3) is 0 Å². The van der Waals surface area contributed by atoms with E-state index in [1.165, 1.54) is 14.2 Å². The molecule has 0 unspecified atom stereocenters. The molecule has 0 saturated heterocycles. The van der Waals surface area contributed by atoms with E-state index in [0.717, 1.165) is 57.7 Å². The van der Waals surface area contributed by atoms with E-state index in [1.807, 2.05) is 6.07 Å². The summed E-state index contributed by atoms with van der Waals surface area (Å²) in [5, 5.41) is 0. The lowest BCUT2D eigenvalue weighted by atomic mass is 9.67. The van der Waals surface area contributed by atoms with E-state index in [-0.39, 0.29) is 23.8 Å². The van der Waals surface area contributed by atoms with E-state index in [1.54, 1.807) is 12.1 Å². The molecule has 9 heteroatoms. The summed E-state index contributed by atoms with van der Waals surface area (Å²) < 4.78 is 21.5. The van der Waals surface area contributed by atoms with Crippen molar-refractivity contribution >= 4 is 33.2 Å². The van der Waals surface area contributed by atoms with Crippen LogP contribution < -0.4 is 9.31 Å². The number of esters is 2. The summed E-state index contributed by atoms with van der Waals surface area (Å²) in [4.78, 5) is 34.9. The summed E-state index contributed by atoms with van der Waals surface area (Å²) in [6.45, 7) is 0. The summed E-state index contributed by atoms with van der Waals surface area (Å²) >= 11 is 0. The van der Waals surface area contributed by atoms with Crippen molar-refractivity contribution in [1.29, 1.82) is 0 Å². The zero-order chi connectivity index (χ0) is 22.9. The van der Waals surface area contributed by atoms with Gasteiger partial charge in [0.15, 0.2) is 6.29 Å². The Bertz CT molecular complexity index is 785. The number of aldehydes is 1. The van der Waals surface area contributed by atoms with Crippen molar-refractivity contribution in [2.24, 2.45) is 11.8 Å². The van der Waals surface area contributed by atoms with Crippen LogP contribution in [-0.4, -0.2) is 47.4 Å². The number of hydrogen-bond acceptors (Lipinski definition) is 7. The van der Waals surface area contributed by atoms with Gasteiger partial charge in [0, 0.05) is 0 Å². The van der Waals surface area contributed by atoms with Gasteiger partial charge in [0.1, 0.15) is 5.75 Å². The zero-order valence-electron chi connectivity index (χ0n) is 19.0. The Morgan fingerprint density at radius 1 is 0.812 bits per heavy atom. The number of ether oxygens (including phenoxy) is 2. The van der Waals surface area contributed by atoms with E-state index in [2.05, 4.69) is 0 Å².